The Hall–Kier alpha value is -3.58. The number of amides is 1. The molecule has 7 heteroatoms. The molecule has 0 spiro atoms. The molecule has 3 aromatic rings. The van der Waals surface area contributed by atoms with Crippen LogP contribution in [-0.2, 0) is 9.53 Å². The van der Waals surface area contributed by atoms with Crippen LogP contribution in [0.3, 0.4) is 0 Å². The van der Waals surface area contributed by atoms with Crippen molar-refractivity contribution in [1.82, 2.24) is 0 Å². The van der Waals surface area contributed by atoms with Crippen molar-refractivity contribution in [3.8, 4) is 22.6 Å². The van der Waals surface area contributed by atoms with E-state index in [9.17, 15) is 9.59 Å². The molecular formula is C26H27NO5S. The lowest BCUT2D eigenvalue weighted by molar-refractivity contribution is -0.111. The molecule has 172 valence electrons. The minimum absolute atomic E-state index is 0.239. The third-order valence-electron chi connectivity index (χ3n) is 4.60. The molecule has 0 saturated heterocycles. The highest BCUT2D eigenvalue weighted by molar-refractivity contribution is 7.15. The number of rotatable bonds is 10. The predicted octanol–water partition coefficient (Wildman–Crippen LogP) is 6.04. The van der Waals surface area contributed by atoms with Crippen LogP contribution < -0.4 is 14.8 Å². The van der Waals surface area contributed by atoms with Gasteiger partial charge in [-0.3, -0.25) is 4.79 Å². The Morgan fingerprint density at radius 2 is 1.48 bits per heavy atom. The first kappa shape index (κ1) is 24.1. The number of thiophene rings is 1. The van der Waals surface area contributed by atoms with Gasteiger partial charge < -0.3 is 19.5 Å². The van der Waals surface area contributed by atoms with Gasteiger partial charge in [0.25, 0.3) is 0 Å². The third-order valence-corrected chi connectivity index (χ3v) is 5.50. The van der Waals surface area contributed by atoms with E-state index in [-0.39, 0.29) is 12.5 Å². The van der Waals surface area contributed by atoms with Gasteiger partial charge in [0.2, 0.25) is 5.91 Å². The maximum absolute atomic E-state index is 12.7. The van der Waals surface area contributed by atoms with Gasteiger partial charge in [-0.25, -0.2) is 4.79 Å². The van der Waals surface area contributed by atoms with Crippen LogP contribution in [0.15, 0.2) is 60.0 Å². The number of benzene rings is 2. The predicted molar refractivity (Wildman–Crippen MR) is 132 cm³/mol. The molecule has 0 bridgehead atoms. The standard InChI is InChI=1S/C26H27NO5S/c1-4-30-20-12-7-18(8-13-20)9-16-23(28)27-25-24(26(29)32-6-3)22(17-33-25)19-10-14-21(15-11-19)31-5-2/h7-17H,4-6H2,1-3H3,(H,27,28)/b16-9+. The summed E-state index contributed by atoms with van der Waals surface area (Å²) in [6.07, 6.45) is 3.14. The van der Waals surface area contributed by atoms with Gasteiger partial charge in [0, 0.05) is 17.0 Å². The molecule has 33 heavy (non-hydrogen) atoms. The molecule has 0 unspecified atom stereocenters. The molecule has 0 aliphatic carbocycles. The van der Waals surface area contributed by atoms with Crippen LogP contribution in [0.5, 0.6) is 11.5 Å². The minimum Gasteiger partial charge on any atom is -0.494 e. The van der Waals surface area contributed by atoms with Gasteiger partial charge in [-0.2, -0.15) is 0 Å². The van der Waals surface area contributed by atoms with Crippen LogP contribution in [0.25, 0.3) is 17.2 Å². The Kier molecular flexibility index (Phi) is 8.66. The van der Waals surface area contributed by atoms with E-state index in [1.807, 2.05) is 67.8 Å². The first-order valence-corrected chi connectivity index (χ1v) is 11.7. The molecular weight excluding hydrogens is 438 g/mol. The van der Waals surface area contributed by atoms with Crippen LogP contribution in [0.1, 0.15) is 36.7 Å². The summed E-state index contributed by atoms with van der Waals surface area (Å²) in [5.41, 5.74) is 2.74. The molecule has 3 rings (SSSR count). The molecule has 1 N–H and O–H groups in total. The summed E-state index contributed by atoms with van der Waals surface area (Å²) in [6.45, 7) is 7.01. The first-order chi connectivity index (χ1) is 16.0. The monoisotopic (exact) mass is 465 g/mol. The van der Waals surface area contributed by atoms with E-state index in [2.05, 4.69) is 5.32 Å². The van der Waals surface area contributed by atoms with Crippen molar-refractivity contribution in [3.05, 3.63) is 71.1 Å². The summed E-state index contributed by atoms with van der Waals surface area (Å²) in [5, 5.41) is 5.10. The SMILES string of the molecule is CCOC(=O)c1c(-c2ccc(OCC)cc2)csc1NC(=O)/C=C/c1ccc(OCC)cc1. The molecule has 0 saturated carbocycles. The van der Waals surface area contributed by atoms with Crippen molar-refractivity contribution in [2.45, 2.75) is 20.8 Å². The van der Waals surface area contributed by atoms with Gasteiger partial charge in [-0.15, -0.1) is 11.3 Å². The molecule has 0 radical (unpaired) electrons. The highest BCUT2D eigenvalue weighted by Crippen LogP contribution is 2.37. The van der Waals surface area contributed by atoms with Gasteiger partial charge in [0.15, 0.2) is 0 Å². The lowest BCUT2D eigenvalue weighted by atomic mass is 10.0. The van der Waals surface area contributed by atoms with Gasteiger partial charge in [-0.05, 0) is 62.2 Å². The highest BCUT2D eigenvalue weighted by atomic mass is 32.1. The maximum atomic E-state index is 12.7. The number of hydrogen-bond donors (Lipinski definition) is 1. The van der Waals surface area contributed by atoms with E-state index in [1.54, 1.807) is 13.0 Å². The van der Waals surface area contributed by atoms with Crippen LogP contribution in [0.2, 0.25) is 0 Å². The fourth-order valence-electron chi connectivity index (χ4n) is 3.13. The van der Waals surface area contributed by atoms with E-state index < -0.39 is 5.97 Å². The van der Waals surface area contributed by atoms with Crippen LogP contribution in [-0.4, -0.2) is 31.7 Å². The van der Waals surface area contributed by atoms with E-state index in [4.69, 9.17) is 14.2 Å². The number of carbonyl (C=O) groups excluding carboxylic acids is 2. The maximum Gasteiger partial charge on any atom is 0.341 e. The Morgan fingerprint density at radius 3 is 2.06 bits per heavy atom. The van der Waals surface area contributed by atoms with Crippen molar-refractivity contribution < 1.29 is 23.8 Å². The second kappa shape index (κ2) is 11.9. The average Bonchev–Trinajstić information content (AvgIpc) is 3.23. The quantitative estimate of drug-likeness (QED) is 0.292. The molecule has 0 aliphatic rings. The zero-order valence-corrected chi connectivity index (χ0v) is 19.7. The molecule has 1 heterocycles. The van der Waals surface area contributed by atoms with Crippen molar-refractivity contribution in [2.24, 2.45) is 0 Å². The smallest absolute Gasteiger partial charge is 0.341 e. The fraction of sp³-hybridized carbons (Fsp3) is 0.231. The second-order valence-corrected chi connectivity index (χ2v) is 7.74. The fourth-order valence-corrected chi connectivity index (χ4v) is 4.09. The van der Waals surface area contributed by atoms with E-state index >= 15 is 0 Å². The summed E-state index contributed by atoms with van der Waals surface area (Å²) in [5.74, 6) is 0.712. The molecule has 1 amide bonds. The van der Waals surface area contributed by atoms with Gasteiger partial charge >= 0.3 is 5.97 Å². The van der Waals surface area contributed by atoms with Crippen LogP contribution >= 0.6 is 11.3 Å². The zero-order valence-electron chi connectivity index (χ0n) is 18.9. The number of ether oxygens (including phenoxy) is 3. The van der Waals surface area contributed by atoms with Crippen molar-refractivity contribution >= 4 is 34.3 Å². The molecule has 0 fully saturated rings. The second-order valence-electron chi connectivity index (χ2n) is 6.86. The van der Waals surface area contributed by atoms with Crippen LogP contribution in [0, 0.1) is 0 Å². The van der Waals surface area contributed by atoms with E-state index in [0.717, 1.165) is 22.6 Å². The lowest BCUT2D eigenvalue weighted by Gasteiger charge is -2.09. The van der Waals surface area contributed by atoms with Gasteiger partial charge in [-0.1, -0.05) is 24.3 Å². The number of carbonyl (C=O) groups is 2. The summed E-state index contributed by atoms with van der Waals surface area (Å²) in [4.78, 5) is 25.3. The van der Waals surface area contributed by atoms with E-state index in [1.165, 1.54) is 17.4 Å². The molecule has 2 aromatic carbocycles. The Bertz CT molecular complexity index is 1100. The number of esters is 1. The average molecular weight is 466 g/mol. The lowest BCUT2D eigenvalue weighted by Crippen LogP contribution is -2.12. The molecule has 6 nitrogen and oxygen atoms in total. The van der Waals surface area contributed by atoms with Gasteiger partial charge in [0.05, 0.1) is 19.8 Å². The summed E-state index contributed by atoms with van der Waals surface area (Å²) in [7, 11) is 0. The Balaban J connectivity index is 1.80. The summed E-state index contributed by atoms with van der Waals surface area (Å²) >= 11 is 1.28. The summed E-state index contributed by atoms with van der Waals surface area (Å²) < 4.78 is 16.2. The van der Waals surface area contributed by atoms with Crippen molar-refractivity contribution in [2.75, 3.05) is 25.1 Å². The van der Waals surface area contributed by atoms with Crippen molar-refractivity contribution in [3.63, 3.8) is 0 Å². The largest absolute Gasteiger partial charge is 0.494 e. The van der Waals surface area contributed by atoms with E-state index in [0.29, 0.717) is 29.3 Å². The van der Waals surface area contributed by atoms with Gasteiger partial charge in [0.1, 0.15) is 22.1 Å². The molecule has 1 aromatic heterocycles. The first-order valence-electron chi connectivity index (χ1n) is 10.8. The topological polar surface area (TPSA) is 73.9 Å². The number of hydrogen-bond acceptors (Lipinski definition) is 6. The normalized spacial score (nSPS) is 10.8. The minimum atomic E-state index is -0.478. The van der Waals surface area contributed by atoms with Crippen LogP contribution in [0.4, 0.5) is 5.00 Å². The highest BCUT2D eigenvalue weighted by Gasteiger charge is 2.22. The Labute approximate surface area is 197 Å². The molecule has 0 atom stereocenters. The number of nitrogens with one attached hydrogen (secondary N) is 1. The third kappa shape index (κ3) is 6.46. The zero-order chi connectivity index (χ0) is 23.6. The Morgan fingerprint density at radius 1 is 0.879 bits per heavy atom. The summed E-state index contributed by atoms with van der Waals surface area (Å²) in [6, 6.07) is 14.9. The van der Waals surface area contributed by atoms with Crippen molar-refractivity contribution in [1.29, 1.82) is 0 Å². The molecule has 0 aliphatic heterocycles. The number of anilines is 1.